The minimum atomic E-state index is -0.227. The molecule has 1 aliphatic rings. The molecular weight excluding hydrogens is 493 g/mol. The van der Waals surface area contributed by atoms with Gasteiger partial charge >= 0.3 is 0 Å². The van der Waals surface area contributed by atoms with Crippen molar-refractivity contribution in [3.05, 3.63) is 94.6 Å². The molecule has 0 saturated carbocycles. The summed E-state index contributed by atoms with van der Waals surface area (Å²) in [5.74, 6) is 0.547. The summed E-state index contributed by atoms with van der Waals surface area (Å²) in [4.78, 5) is 17.6. The van der Waals surface area contributed by atoms with E-state index in [1.54, 1.807) is 19.3 Å². The highest BCUT2D eigenvalue weighted by Gasteiger charge is 2.19. The van der Waals surface area contributed by atoms with E-state index in [9.17, 15) is 4.79 Å². The monoisotopic (exact) mass is 519 g/mol. The van der Waals surface area contributed by atoms with Crippen molar-refractivity contribution < 1.29 is 9.53 Å². The van der Waals surface area contributed by atoms with Gasteiger partial charge in [0.25, 0.3) is 0 Å². The Balaban J connectivity index is 0.00000304. The van der Waals surface area contributed by atoms with E-state index in [2.05, 4.69) is 10.6 Å². The van der Waals surface area contributed by atoms with Crippen LogP contribution in [0.15, 0.2) is 72.8 Å². The number of ether oxygens (including phenoxy) is 1. The van der Waals surface area contributed by atoms with Gasteiger partial charge in [-0.3, -0.25) is 9.78 Å². The van der Waals surface area contributed by atoms with Gasteiger partial charge in [0.2, 0.25) is 5.91 Å². The number of fused-ring (bicyclic) bond motifs is 2. The van der Waals surface area contributed by atoms with Gasteiger partial charge in [0.15, 0.2) is 0 Å². The number of hydrogen-bond acceptors (Lipinski definition) is 4. The number of para-hydroxylation sites is 2. The van der Waals surface area contributed by atoms with E-state index in [4.69, 9.17) is 21.3 Å². The van der Waals surface area contributed by atoms with Crippen LogP contribution in [0.4, 0.5) is 17.1 Å². The number of aromatic nitrogens is 1. The lowest BCUT2D eigenvalue weighted by Gasteiger charge is -2.22. The van der Waals surface area contributed by atoms with Gasteiger partial charge in [0.05, 0.1) is 24.0 Å². The second kappa shape index (κ2) is 11.5. The first kappa shape index (κ1) is 25.5. The van der Waals surface area contributed by atoms with Crippen molar-refractivity contribution >= 4 is 64.0 Å². The van der Waals surface area contributed by atoms with E-state index in [-0.39, 0.29) is 18.3 Å². The van der Waals surface area contributed by atoms with Gasteiger partial charge in [0, 0.05) is 27.9 Å². The lowest BCUT2D eigenvalue weighted by molar-refractivity contribution is -0.111. The van der Waals surface area contributed by atoms with E-state index in [1.807, 2.05) is 60.7 Å². The second-order valence-corrected chi connectivity index (χ2v) is 8.93. The number of nitrogens with zero attached hydrogens (tertiary/aromatic N) is 1. The summed E-state index contributed by atoms with van der Waals surface area (Å²) >= 11 is 6.19. The van der Waals surface area contributed by atoms with Crippen LogP contribution in [0.2, 0.25) is 5.02 Å². The third-order valence-corrected chi connectivity index (χ3v) is 6.56. The molecule has 7 heteroatoms. The van der Waals surface area contributed by atoms with Crippen molar-refractivity contribution in [1.29, 1.82) is 0 Å². The van der Waals surface area contributed by atoms with E-state index in [1.165, 1.54) is 11.6 Å². The molecule has 184 valence electrons. The van der Waals surface area contributed by atoms with E-state index in [0.29, 0.717) is 10.7 Å². The van der Waals surface area contributed by atoms with Crippen LogP contribution in [0.25, 0.3) is 17.0 Å². The predicted molar refractivity (Wildman–Crippen MR) is 151 cm³/mol. The summed E-state index contributed by atoms with van der Waals surface area (Å²) in [6.45, 7) is 0. The zero-order chi connectivity index (χ0) is 24.2. The average molecular weight is 520 g/mol. The maximum absolute atomic E-state index is 12.6. The Morgan fingerprint density at radius 3 is 2.64 bits per heavy atom. The highest BCUT2D eigenvalue weighted by Crippen LogP contribution is 2.38. The number of halogens is 2. The van der Waals surface area contributed by atoms with Crippen molar-refractivity contribution in [1.82, 2.24) is 4.98 Å². The maximum atomic E-state index is 12.6. The third kappa shape index (κ3) is 5.48. The topological polar surface area (TPSA) is 63.2 Å². The molecule has 1 heterocycles. The summed E-state index contributed by atoms with van der Waals surface area (Å²) in [6, 6.07) is 21.1. The van der Waals surface area contributed by atoms with Gasteiger partial charge in [-0.05, 0) is 79.3 Å². The fourth-order valence-corrected chi connectivity index (χ4v) is 4.69. The first-order valence-corrected chi connectivity index (χ1v) is 12.1. The number of carbonyl (C=O) groups excluding carboxylic acids is 1. The SMILES string of the molecule is COc1ccccc1Nc1c2c(nc3ccc(NC(=O)C=Cc4ccccc4Cl)cc13)CCCC2.Cl. The molecule has 0 radical (unpaired) electrons. The summed E-state index contributed by atoms with van der Waals surface area (Å²) in [7, 11) is 1.67. The van der Waals surface area contributed by atoms with Gasteiger partial charge in [-0.1, -0.05) is 41.9 Å². The van der Waals surface area contributed by atoms with Crippen LogP contribution in [0.1, 0.15) is 29.7 Å². The molecule has 0 atom stereocenters. The molecule has 5 nitrogen and oxygen atoms in total. The minimum absolute atomic E-state index is 0. The Morgan fingerprint density at radius 2 is 1.81 bits per heavy atom. The van der Waals surface area contributed by atoms with E-state index in [0.717, 1.165) is 65.0 Å². The van der Waals surface area contributed by atoms with Crippen LogP contribution in [0, 0.1) is 0 Å². The number of carbonyl (C=O) groups is 1. The number of methoxy groups -OCH3 is 1. The summed E-state index contributed by atoms with van der Waals surface area (Å²) in [6.07, 6.45) is 7.41. The van der Waals surface area contributed by atoms with Gasteiger partial charge in [-0.25, -0.2) is 0 Å². The fraction of sp³-hybridized carbons (Fsp3) is 0.172. The summed E-state index contributed by atoms with van der Waals surface area (Å²) in [5, 5.41) is 8.15. The Labute approximate surface area is 222 Å². The average Bonchev–Trinajstić information content (AvgIpc) is 2.88. The van der Waals surface area contributed by atoms with Crippen molar-refractivity contribution in [3.63, 3.8) is 0 Å². The molecule has 0 unspecified atom stereocenters. The van der Waals surface area contributed by atoms with E-state index < -0.39 is 0 Å². The molecular formula is C29H27Cl2N3O2. The van der Waals surface area contributed by atoms with Crippen molar-refractivity contribution in [2.45, 2.75) is 25.7 Å². The third-order valence-electron chi connectivity index (χ3n) is 6.22. The number of anilines is 3. The molecule has 4 aromatic rings. The highest BCUT2D eigenvalue weighted by atomic mass is 35.5. The maximum Gasteiger partial charge on any atom is 0.248 e. The fourth-order valence-electron chi connectivity index (χ4n) is 4.49. The standard InChI is InChI=1S/C29H26ClN3O2.ClH/c1-35-27-13-7-6-12-26(27)33-29-21-9-3-5-11-24(21)32-25-16-15-20(18-22(25)29)31-28(34)17-14-19-8-2-4-10-23(19)30;/h2,4,6-8,10,12-18H,3,5,9,11H2,1H3,(H,31,34)(H,32,33);1H. The molecule has 0 spiro atoms. The minimum Gasteiger partial charge on any atom is -0.495 e. The smallest absolute Gasteiger partial charge is 0.248 e. The molecule has 1 aliphatic carbocycles. The van der Waals surface area contributed by atoms with Crippen LogP contribution in [0.5, 0.6) is 5.75 Å². The van der Waals surface area contributed by atoms with Crippen molar-refractivity contribution in [2.24, 2.45) is 0 Å². The number of pyridine rings is 1. The molecule has 1 aromatic heterocycles. The predicted octanol–water partition coefficient (Wildman–Crippen LogP) is 7.59. The molecule has 1 amide bonds. The van der Waals surface area contributed by atoms with Crippen LogP contribution in [-0.4, -0.2) is 18.0 Å². The molecule has 2 N–H and O–H groups in total. The Bertz CT molecular complexity index is 1440. The van der Waals surface area contributed by atoms with E-state index >= 15 is 0 Å². The van der Waals surface area contributed by atoms with Crippen LogP contribution in [-0.2, 0) is 17.6 Å². The number of nitrogens with one attached hydrogen (secondary N) is 2. The first-order valence-electron chi connectivity index (χ1n) is 11.7. The molecule has 0 bridgehead atoms. The lowest BCUT2D eigenvalue weighted by Crippen LogP contribution is -2.11. The summed E-state index contributed by atoms with van der Waals surface area (Å²) < 4.78 is 5.57. The Morgan fingerprint density at radius 1 is 1.03 bits per heavy atom. The number of aryl methyl sites for hydroxylation is 1. The Hall–Kier alpha value is -3.54. The molecule has 0 fully saturated rings. The molecule has 5 rings (SSSR count). The summed E-state index contributed by atoms with van der Waals surface area (Å²) in [5.41, 5.74) is 6.68. The lowest BCUT2D eigenvalue weighted by atomic mass is 9.92. The van der Waals surface area contributed by atoms with Gasteiger partial charge in [-0.2, -0.15) is 0 Å². The van der Waals surface area contributed by atoms with Crippen LogP contribution >= 0.6 is 24.0 Å². The quantitative estimate of drug-likeness (QED) is 0.257. The molecule has 0 saturated heterocycles. The molecule has 3 aromatic carbocycles. The number of amides is 1. The molecule has 0 aliphatic heterocycles. The zero-order valence-corrected chi connectivity index (χ0v) is 21.5. The largest absolute Gasteiger partial charge is 0.495 e. The van der Waals surface area contributed by atoms with Crippen LogP contribution in [0.3, 0.4) is 0 Å². The van der Waals surface area contributed by atoms with Crippen molar-refractivity contribution in [3.8, 4) is 5.75 Å². The van der Waals surface area contributed by atoms with Gasteiger partial charge in [0.1, 0.15) is 5.75 Å². The Kier molecular flexibility index (Phi) is 8.14. The number of hydrogen-bond donors (Lipinski definition) is 2. The normalized spacial score (nSPS) is 12.6. The van der Waals surface area contributed by atoms with Crippen molar-refractivity contribution in [2.75, 3.05) is 17.7 Å². The number of benzene rings is 3. The second-order valence-electron chi connectivity index (χ2n) is 8.52. The highest BCUT2D eigenvalue weighted by molar-refractivity contribution is 6.32. The molecule has 36 heavy (non-hydrogen) atoms. The number of rotatable bonds is 6. The first-order chi connectivity index (χ1) is 17.1. The van der Waals surface area contributed by atoms with Crippen LogP contribution < -0.4 is 15.4 Å². The zero-order valence-electron chi connectivity index (χ0n) is 19.9. The van der Waals surface area contributed by atoms with Gasteiger partial charge in [-0.15, -0.1) is 12.4 Å². The van der Waals surface area contributed by atoms with Gasteiger partial charge < -0.3 is 15.4 Å².